The summed E-state index contributed by atoms with van der Waals surface area (Å²) in [6, 6.07) is 11.7. The van der Waals surface area contributed by atoms with Crippen LogP contribution >= 0.6 is 0 Å². The summed E-state index contributed by atoms with van der Waals surface area (Å²) in [6.45, 7) is 2.25. The van der Waals surface area contributed by atoms with E-state index in [4.69, 9.17) is 4.74 Å². The number of benzene rings is 2. The molecule has 8 nitrogen and oxygen atoms in total. The van der Waals surface area contributed by atoms with Crippen molar-refractivity contribution in [2.45, 2.75) is 38.1 Å². The number of hydrogen-bond acceptors (Lipinski definition) is 5. The van der Waals surface area contributed by atoms with E-state index in [0.29, 0.717) is 16.6 Å². The van der Waals surface area contributed by atoms with Crippen molar-refractivity contribution < 1.29 is 14.3 Å². The molecule has 3 aromatic rings. The molecule has 1 unspecified atom stereocenters. The normalized spacial score (nSPS) is 17.8. The first kappa shape index (κ1) is 20.4. The summed E-state index contributed by atoms with van der Waals surface area (Å²) in [5.41, 5.74) is 4.97. The topological polar surface area (TPSA) is 88.5 Å². The van der Waals surface area contributed by atoms with Gasteiger partial charge in [0.05, 0.1) is 30.6 Å². The van der Waals surface area contributed by atoms with Crippen LogP contribution in [0.3, 0.4) is 0 Å². The van der Waals surface area contributed by atoms with Gasteiger partial charge in [-0.15, -0.1) is 0 Å². The Morgan fingerprint density at radius 1 is 1.12 bits per heavy atom. The number of urea groups is 1. The number of piperidine rings is 1. The molecular weight excluding hydrogens is 406 g/mol. The monoisotopic (exact) mass is 433 g/mol. The zero-order valence-electron chi connectivity index (χ0n) is 18.1. The van der Waals surface area contributed by atoms with E-state index in [2.05, 4.69) is 38.8 Å². The van der Waals surface area contributed by atoms with Crippen molar-refractivity contribution in [1.29, 1.82) is 0 Å². The van der Waals surface area contributed by atoms with Crippen molar-refractivity contribution in [3.63, 3.8) is 0 Å². The van der Waals surface area contributed by atoms with Crippen LogP contribution in [0, 0.1) is 0 Å². The van der Waals surface area contributed by atoms with E-state index in [1.807, 2.05) is 0 Å². The van der Waals surface area contributed by atoms with Gasteiger partial charge in [-0.05, 0) is 67.5 Å². The van der Waals surface area contributed by atoms with Gasteiger partial charge in [0, 0.05) is 24.2 Å². The van der Waals surface area contributed by atoms with Crippen molar-refractivity contribution in [1.82, 2.24) is 15.1 Å². The third-order valence-electron chi connectivity index (χ3n) is 6.44. The third-order valence-corrected chi connectivity index (χ3v) is 6.44. The Morgan fingerprint density at radius 3 is 2.78 bits per heavy atom. The molecule has 1 aromatic heterocycles. The second kappa shape index (κ2) is 8.53. The molecule has 0 radical (unpaired) electrons. The van der Waals surface area contributed by atoms with Crippen LogP contribution in [0.2, 0.25) is 0 Å². The van der Waals surface area contributed by atoms with E-state index < -0.39 is 6.09 Å². The average Bonchev–Trinajstić information content (AvgIpc) is 3.44. The molecule has 32 heavy (non-hydrogen) atoms. The molecule has 166 valence electrons. The highest BCUT2D eigenvalue weighted by Crippen LogP contribution is 2.34. The van der Waals surface area contributed by atoms with Gasteiger partial charge in [-0.3, -0.25) is 0 Å². The number of nitrogens with one attached hydrogen (secondary N) is 2. The Morgan fingerprint density at radius 2 is 1.97 bits per heavy atom. The maximum absolute atomic E-state index is 12.8. The minimum absolute atomic E-state index is 0.0163. The molecule has 1 atom stereocenters. The molecule has 0 spiro atoms. The number of aryl methyl sites for hydroxylation is 1. The smallest absolute Gasteiger partial charge is 0.434 e. The first-order valence-electron chi connectivity index (χ1n) is 11.1. The third kappa shape index (κ3) is 3.77. The summed E-state index contributed by atoms with van der Waals surface area (Å²) >= 11 is 0. The van der Waals surface area contributed by atoms with Crippen LogP contribution in [0.4, 0.5) is 21.0 Å². The fourth-order valence-corrected chi connectivity index (χ4v) is 4.81. The fraction of sp³-hybridized carbons (Fsp3) is 0.375. The van der Waals surface area contributed by atoms with Crippen LogP contribution in [-0.2, 0) is 11.2 Å². The lowest BCUT2D eigenvalue weighted by molar-refractivity contribution is 0.170. The Kier molecular flexibility index (Phi) is 5.43. The van der Waals surface area contributed by atoms with Gasteiger partial charge in [-0.25, -0.2) is 9.59 Å². The van der Waals surface area contributed by atoms with Crippen molar-refractivity contribution in [3.8, 4) is 0 Å². The van der Waals surface area contributed by atoms with Crippen LogP contribution in [0.25, 0.3) is 10.9 Å². The number of fused-ring (bicyclic) bond motifs is 2. The number of aromatic nitrogens is 2. The summed E-state index contributed by atoms with van der Waals surface area (Å²) in [4.78, 5) is 27.1. The van der Waals surface area contributed by atoms with E-state index in [0.717, 1.165) is 25.9 Å². The quantitative estimate of drug-likeness (QED) is 0.637. The van der Waals surface area contributed by atoms with Crippen LogP contribution in [0.1, 0.15) is 42.9 Å². The van der Waals surface area contributed by atoms with Crippen LogP contribution in [0.15, 0.2) is 42.6 Å². The highest BCUT2D eigenvalue weighted by molar-refractivity contribution is 6.02. The maximum atomic E-state index is 12.8. The summed E-state index contributed by atoms with van der Waals surface area (Å²) in [5, 5.41) is 10.8. The Labute approximate surface area is 186 Å². The molecule has 2 N–H and O–H groups in total. The van der Waals surface area contributed by atoms with Gasteiger partial charge in [0.25, 0.3) is 0 Å². The number of anilines is 2. The van der Waals surface area contributed by atoms with E-state index in [-0.39, 0.29) is 12.1 Å². The van der Waals surface area contributed by atoms with Crippen molar-refractivity contribution in [2.75, 3.05) is 30.4 Å². The molecule has 1 saturated heterocycles. The minimum atomic E-state index is -0.576. The van der Waals surface area contributed by atoms with Crippen molar-refractivity contribution >= 4 is 34.4 Å². The Bertz CT molecular complexity index is 1170. The van der Waals surface area contributed by atoms with Crippen molar-refractivity contribution in [2.24, 2.45) is 0 Å². The molecule has 1 aliphatic carbocycles. The molecule has 8 heteroatoms. The van der Waals surface area contributed by atoms with Gasteiger partial charge >= 0.3 is 12.1 Å². The summed E-state index contributed by atoms with van der Waals surface area (Å²) in [7, 11) is 1.31. The molecule has 5 rings (SSSR count). The molecule has 2 amide bonds. The molecule has 1 aliphatic heterocycles. The van der Waals surface area contributed by atoms with Crippen LogP contribution in [0.5, 0.6) is 0 Å². The average molecular weight is 434 g/mol. The highest BCUT2D eigenvalue weighted by atomic mass is 16.5. The largest absolute Gasteiger partial charge is 0.451 e. The molecule has 2 aromatic carbocycles. The highest BCUT2D eigenvalue weighted by Gasteiger charge is 2.25. The number of carbonyl (C=O) groups is 2. The molecule has 0 saturated carbocycles. The van der Waals surface area contributed by atoms with Gasteiger partial charge < -0.3 is 20.3 Å². The minimum Gasteiger partial charge on any atom is -0.451 e. The number of amides is 2. The lowest BCUT2D eigenvalue weighted by Gasteiger charge is -2.29. The zero-order chi connectivity index (χ0) is 22.1. The number of rotatable bonds is 3. The molecular formula is C24H27N5O3. The Balaban J connectivity index is 1.29. The van der Waals surface area contributed by atoms with Gasteiger partial charge in [0.2, 0.25) is 0 Å². The number of nitrogens with zero attached hydrogens (tertiary/aromatic N) is 3. The first-order valence-corrected chi connectivity index (χ1v) is 11.1. The van der Waals surface area contributed by atoms with Crippen LogP contribution in [-0.4, -0.2) is 42.1 Å². The predicted octanol–water partition coefficient (Wildman–Crippen LogP) is 4.45. The maximum Gasteiger partial charge on any atom is 0.434 e. The Hall–Kier alpha value is -3.55. The number of ether oxygens (including phenoxy) is 1. The summed E-state index contributed by atoms with van der Waals surface area (Å²) < 4.78 is 5.92. The first-order chi connectivity index (χ1) is 15.6. The molecule has 1 fully saturated rings. The zero-order valence-corrected chi connectivity index (χ0v) is 18.1. The fourth-order valence-electron chi connectivity index (χ4n) is 4.81. The predicted molar refractivity (Wildman–Crippen MR) is 123 cm³/mol. The second-order valence-electron chi connectivity index (χ2n) is 8.39. The van der Waals surface area contributed by atoms with Crippen molar-refractivity contribution in [3.05, 3.63) is 53.7 Å². The summed E-state index contributed by atoms with van der Waals surface area (Å²) in [5.74, 6) is 0. The lowest BCUT2D eigenvalue weighted by Crippen LogP contribution is -2.31. The molecule has 0 bridgehead atoms. The molecule has 2 aliphatic rings. The van der Waals surface area contributed by atoms with E-state index in [9.17, 15) is 9.59 Å². The van der Waals surface area contributed by atoms with E-state index in [1.54, 1.807) is 24.4 Å². The van der Waals surface area contributed by atoms with E-state index in [1.165, 1.54) is 47.9 Å². The van der Waals surface area contributed by atoms with Gasteiger partial charge in [0.15, 0.2) is 0 Å². The van der Waals surface area contributed by atoms with Gasteiger partial charge in [-0.2, -0.15) is 9.78 Å². The van der Waals surface area contributed by atoms with E-state index >= 15 is 0 Å². The summed E-state index contributed by atoms with van der Waals surface area (Å²) in [6.07, 6.45) is 6.65. The molecule has 2 heterocycles. The van der Waals surface area contributed by atoms with Gasteiger partial charge in [0.1, 0.15) is 0 Å². The van der Waals surface area contributed by atoms with Crippen LogP contribution < -0.4 is 15.5 Å². The van der Waals surface area contributed by atoms with Gasteiger partial charge in [-0.1, -0.05) is 12.1 Å². The standard InChI is InChI=1S/C24H27N5O3/c1-32-24(31)29-22-7-5-6-20(19(22)15-25-29)26-23(30)27-21-11-8-16-14-17(9-10-18(16)21)28-12-3-2-4-13-28/h5-7,9-10,14-15,21H,2-4,8,11-13H2,1H3,(H2,26,27,30). The second-order valence-corrected chi connectivity index (χ2v) is 8.39. The SMILES string of the molecule is COC(=O)n1ncc2c(NC(=O)NC3CCc4cc(N5CCCCC5)ccc43)cccc21. The number of hydrogen-bond donors (Lipinski definition) is 2. The number of carbonyl (C=O) groups excluding carboxylic acids is 2. The lowest BCUT2D eigenvalue weighted by atomic mass is 10.0. The number of methoxy groups -OCH3 is 1.